The molecule has 0 heterocycles. The van der Waals surface area contributed by atoms with Crippen LogP contribution in [0.3, 0.4) is 0 Å². The number of benzene rings is 1. The van der Waals surface area contributed by atoms with Crippen molar-refractivity contribution in [2.75, 3.05) is 12.4 Å². The number of aryl methyl sites for hydroxylation is 1. The summed E-state index contributed by atoms with van der Waals surface area (Å²) in [6, 6.07) is 5.22. The second-order valence-electron chi connectivity index (χ2n) is 4.67. The summed E-state index contributed by atoms with van der Waals surface area (Å²) in [7, 11) is 1.57. The molecular formula is C14H21N3O2. The number of amides is 2. The molecule has 1 rings (SSSR count). The summed E-state index contributed by atoms with van der Waals surface area (Å²) in [6.07, 6.45) is 1.02. The molecule has 0 aliphatic rings. The van der Waals surface area contributed by atoms with Crippen LogP contribution in [0.5, 0.6) is 0 Å². The molecule has 4 N–H and O–H groups in total. The molecule has 0 aromatic heterocycles. The van der Waals surface area contributed by atoms with Gasteiger partial charge in [-0.15, -0.1) is 0 Å². The molecule has 5 heteroatoms. The summed E-state index contributed by atoms with van der Waals surface area (Å²) in [4.78, 5) is 23.3. The fourth-order valence-electron chi connectivity index (χ4n) is 1.61. The Labute approximate surface area is 113 Å². The molecule has 0 aliphatic heterocycles. The summed E-state index contributed by atoms with van der Waals surface area (Å²) >= 11 is 0. The zero-order chi connectivity index (χ0) is 14.4. The first-order valence-electron chi connectivity index (χ1n) is 6.32. The third-order valence-electron chi connectivity index (χ3n) is 2.83. The van der Waals surface area contributed by atoms with E-state index in [1.165, 1.54) is 0 Å². The zero-order valence-electron chi connectivity index (χ0n) is 11.6. The van der Waals surface area contributed by atoms with Crippen LogP contribution in [0, 0.1) is 6.92 Å². The first-order valence-corrected chi connectivity index (χ1v) is 6.32. The number of nitrogens with one attached hydrogen (secondary N) is 2. The maximum absolute atomic E-state index is 11.8. The first kappa shape index (κ1) is 15.2. The van der Waals surface area contributed by atoms with Crippen LogP contribution in [0.4, 0.5) is 5.69 Å². The molecule has 1 aromatic carbocycles. The molecule has 5 nitrogen and oxygen atoms in total. The fourth-order valence-corrected chi connectivity index (χ4v) is 1.61. The van der Waals surface area contributed by atoms with Crippen molar-refractivity contribution < 1.29 is 9.59 Å². The van der Waals surface area contributed by atoms with Gasteiger partial charge in [0.15, 0.2) is 0 Å². The number of nitrogens with two attached hydrogens (primary N) is 1. The quantitative estimate of drug-likeness (QED) is 0.751. The third kappa shape index (κ3) is 4.71. The van der Waals surface area contributed by atoms with Crippen LogP contribution >= 0.6 is 0 Å². The molecule has 19 heavy (non-hydrogen) atoms. The van der Waals surface area contributed by atoms with E-state index < -0.39 is 0 Å². The normalized spacial score (nSPS) is 11.8. The number of hydrogen-bond donors (Lipinski definition) is 3. The molecule has 1 aromatic rings. The van der Waals surface area contributed by atoms with Crippen molar-refractivity contribution in [1.29, 1.82) is 0 Å². The lowest BCUT2D eigenvalue weighted by molar-refractivity contribution is -0.116. The lowest BCUT2D eigenvalue weighted by atomic mass is 10.1. The van der Waals surface area contributed by atoms with E-state index >= 15 is 0 Å². The van der Waals surface area contributed by atoms with Crippen molar-refractivity contribution in [2.24, 2.45) is 5.73 Å². The van der Waals surface area contributed by atoms with Crippen LogP contribution in [-0.2, 0) is 4.79 Å². The highest BCUT2D eigenvalue weighted by Crippen LogP contribution is 2.17. The van der Waals surface area contributed by atoms with Crippen molar-refractivity contribution >= 4 is 17.5 Å². The van der Waals surface area contributed by atoms with Crippen molar-refractivity contribution in [3.63, 3.8) is 0 Å². The molecular weight excluding hydrogens is 242 g/mol. The highest BCUT2D eigenvalue weighted by Gasteiger charge is 2.09. The number of anilines is 1. The van der Waals surface area contributed by atoms with E-state index in [0.29, 0.717) is 24.1 Å². The standard InChI is InChI=1S/C14H21N3O2/c1-9-4-6-11(14(19)16-3)8-12(9)17-13(18)7-5-10(2)15/h4,6,8,10H,5,7,15H2,1-3H3,(H,16,19)(H,17,18). The predicted molar refractivity (Wildman–Crippen MR) is 76.1 cm³/mol. The van der Waals surface area contributed by atoms with Gasteiger partial charge in [0.1, 0.15) is 0 Å². The average Bonchev–Trinajstić information content (AvgIpc) is 2.38. The molecule has 1 unspecified atom stereocenters. The fraction of sp³-hybridized carbons (Fsp3) is 0.429. The number of carbonyl (C=O) groups is 2. The lowest BCUT2D eigenvalue weighted by Crippen LogP contribution is -2.21. The van der Waals surface area contributed by atoms with Crippen LogP contribution < -0.4 is 16.4 Å². The largest absolute Gasteiger partial charge is 0.355 e. The molecule has 1 atom stereocenters. The molecule has 0 radical (unpaired) electrons. The third-order valence-corrected chi connectivity index (χ3v) is 2.83. The maximum Gasteiger partial charge on any atom is 0.251 e. The van der Waals surface area contributed by atoms with E-state index in [2.05, 4.69) is 10.6 Å². The summed E-state index contributed by atoms with van der Waals surface area (Å²) in [6.45, 7) is 3.75. The number of hydrogen-bond acceptors (Lipinski definition) is 3. The minimum Gasteiger partial charge on any atom is -0.355 e. The minimum absolute atomic E-state index is 0.00375. The number of rotatable bonds is 5. The Hall–Kier alpha value is -1.88. The Kier molecular flexibility index (Phi) is 5.51. The predicted octanol–water partition coefficient (Wildman–Crippen LogP) is 1.42. The Bertz CT molecular complexity index is 470. The Morgan fingerprint density at radius 2 is 2.05 bits per heavy atom. The smallest absolute Gasteiger partial charge is 0.251 e. The number of carbonyl (C=O) groups excluding carboxylic acids is 2. The van der Waals surface area contributed by atoms with Crippen LogP contribution in [0.2, 0.25) is 0 Å². The Morgan fingerprint density at radius 3 is 2.63 bits per heavy atom. The molecule has 2 amide bonds. The monoisotopic (exact) mass is 263 g/mol. The van der Waals surface area contributed by atoms with E-state index in [4.69, 9.17) is 5.73 Å². The van der Waals surface area contributed by atoms with Gasteiger partial charge in [0.25, 0.3) is 5.91 Å². The summed E-state index contributed by atoms with van der Waals surface area (Å²) < 4.78 is 0. The van der Waals surface area contributed by atoms with Crippen LogP contribution in [0.1, 0.15) is 35.7 Å². The lowest BCUT2D eigenvalue weighted by Gasteiger charge is -2.11. The van der Waals surface area contributed by atoms with Crippen molar-refractivity contribution in [1.82, 2.24) is 5.32 Å². The molecule has 0 fully saturated rings. The van der Waals surface area contributed by atoms with Crippen molar-refractivity contribution in [2.45, 2.75) is 32.7 Å². The van der Waals surface area contributed by atoms with Gasteiger partial charge in [0.05, 0.1) is 0 Å². The van der Waals surface area contributed by atoms with Crippen molar-refractivity contribution in [3.8, 4) is 0 Å². The SMILES string of the molecule is CNC(=O)c1ccc(C)c(NC(=O)CCC(C)N)c1. The van der Waals surface area contributed by atoms with Gasteiger partial charge in [-0.25, -0.2) is 0 Å². The van der Waals surface area contributed by atoms with Gasteiger partial charge in [-0.1, -0.05) is 6.07 Å². The van der Waals surface area contributed by atoms with Gasteiger partial charge in [0, 0.05) is 30.8 Å². The minimum atomic E-state index is -0.175. The zero-order valence-corrected chi connectivity index (χ0v) is 11.6. The maximum atomic E-state index is 11.8. The van der Waals surface area contributed by atoms with E-state index in [1.807, 2.05) is 19.9 Å². The van der Waals surface area contributed by atoms with Gasteiger partial charge in [-0.2, -0.15) is 0 Å². The molecule has 0 spiro atoms. The summed E-state index contributed by atoms with van der Waals surface area (Å²) in [5.41, 5.74) is 7.72. The van der Waals surface area contributed by atoms with Crippen LogP contribution in [0.15, 0.2) is 18.2 Å². The van der Waals surface area contributed by atoms with Gasteiger partial charge < -0.3 is 16.4 Å². The highest BCUT2D eigenvalue weighted by molar-refractivity contribution is 5.97. The van der Waals surface area contributed by atoms with E-state index in [-0.39, 0.29) is 17.9 Å². The van der Waals surface area contributed by atoms with Crippen molar-refractivity contribution in [3.05, 3.63) is 29.3 Å². The molecule has 0 saturated carbocycles. The van der Waals surface area contributed by atoms with Gasteiger partial charge in [-0.05, 0) is 38.0 Å². The van der Waals surface area contributed by atoms with E-state index in [0.717, 1.165) is 5.56 Å². The molecule has 0 saturated heterocycles. The van der Waals surface area contributed by atoms with Gasteiger partial charge in [0.2, 0.25) is 5.91 Å². The second-order valence-corrected chi connectivity index (χ2v) is 4.67. The topological polar surface area (TPSA) is 84.2 Å². The second kappa shape index (κ2) is 6.89. The highest BCUT2D eigenvalue weighted by atomic mass is 16.2. The van der Waals surface area contributed by atoms with Gasteiger partial charge in [-0.3, -0.25) is 9.59 Å². The summed E-state index contributed by atoms with van der Waals surface area (Å²) in [5.74, 6) is -0.263. The van der Waals surface area contributed by atoms with Crippen LogP contribution in [0.25, 0.3) is 0 Å². The van der Waals surface area contributed by atoms with E-state index in [1.54, 1.807) is 19.2 Å². The Balaban J connectivity index is 2.77. The first-order chi connectivity index (χ1) is 8.93. The molecule has 104 valence electrons. The van der Waals surface area contributed by atoms with Crippen LogP contribution in [-0.4, -0.2) is 24.9 Å². The summed E-state index contributed by atoms with van der Waals surface area (Å²) in [5, 5.41) is 5.36. The average molecular weight is 263 g/mol. The van der Waals surface area contributed by atoms with E-state index in [9.17, 15) is 9.59 Å². The Morgan fingerprint density at radius 1 is 1.37 bits per heavy atom. The van der Waals surface area contributed by atoms with Gasteiger partial charge >= 0.3 is 0 Å². The molecule has 0 aliphatic carbocycles. The molecule has 0 bridgehead atoms.